The van der Waals surface area contributed by atoms with E-state index in [1.54, 1.807) is 0 Å². The van der Waals surface area contributed by atoms with Crippen molar-refractivity contribution in [2.45, 2.75) is 26.2 Å². The molecule has 0 aromatic heterocycles. The minimum Gasteiger partial charge on any atom is -0.366 e. The van der Waals surface area contributed by atoms with Crippen LogP contribution in [0.3, 0.4) is 0 Å². The van der Waals surface area contributed by atoms with Gasteiger partial charge in [0.2, 0.25) is 5.91 Å². The summed E-state index contributed by atoms with van der Waals surface area (Å²) >= 11 is 0. The number of primary amides is 1. The van der Waals surface area contributed by atoms with E-state index in [0.29, 0.717) is 5.56 Å². The fourth-order valence-corrected chi connectivity index (χ4v) is 2.24. The molecular formula is C17H19NO. The highest BCUT2D eigenvalue weighted by Crippen LogP contribution is 2.15. The second-order valence-corrected chi connectivity index (χ2v) is 4.69. The van der Waals surface area contributed by atoms with E-state index in [1.165, 1.54) is 11.1 Å². The van der Waals surface area contributed by atoms with E-state index >= 15 is 0 Å². The monoisotopic (exact) mass is 253 g/mol. The minimum absolute atomic E-state index is 0.342. The molecule has 2 aromatic rings. The highest BCUT2D eigenvalue weighted by Gasteiger charge is 2.08. The third-order valence-electron chi connectivity index (χ3n) is 3.37. The van der Waals surface area contributed by atoms with Crippen LogP contribution >= 0.6 is 0 Å². The Balaban J connectivity index is 2.20. The summed E-state index contributed by atoms with van der Waals surface area (Å²) in [6.45, 7) is 2.11. The highest BCUT2D eigenvalue weighted by atomic mass is 16.1. The van der Waals surface area contributed by atoms with Crippen LogP contribution in [-0.2, 0) is 19.3 Å². The number of amides is 1. The average Bonchev–Trinajstić information content (AvgIpc) is 2.45. The summed E-state index contributed by atoms with van der Waals surface area (Å²) in [5.74, 6) is -0.342. The molecule has 2 nitrogen and oxygen atoms in total. The number of rotatable bonds is 5. The molecule has 2 rings (SSSR count). The van der Waals surface area contributed by atoms with Crippen LogP contribution in [0.4, 0.5) is 0 Å². The summed E-state index contributed by atoms with van der Waals surface area (Å²) < 4.78 is 0. The lowest BCUT2D eigenvalue weighted by Crippen LogP contribution is -2.14. The van der Waals surface area contributed by atoms with Gasteiger partial charge in [0.25, 0.3) is 0 Å². The largest absolute Gasteiger partial charge is 0.366 e. The fraction of sp³-hybridized carbons (Fsp3) is 0.235. The van der Waals surface area contributed by atoms with E-state index in [0.717, 1.165) is 24.8 Å². The molecule has 2 N–H and O–H groups in total. The van der Waals surface area contributed by atoms with Crippen molar-refractivity contribution in [2.24, 2.45) is 5.73 Å². The predicted molar refractivity (Wildman–Crippen MR) is 78.2 cm³/mol. The maximum atomic E-state index is 11.5. The molecule has 0 fully saturated rings. The maximum Gasteiger partial charge on any atom is 0.248 e. The summed E-state index contributed by atoms with van der Waals surface area (Å²) in [7, 11) is 0. The summed E-state index contributed by atoms with van der Waals surface area (Å²) in [6, 6.07) is 16.2. The molecule has 0 aliphatic heterocycles. The van der Waals surface area contributed by atoms with Gasteiger partial charge in [-0.1, -0.05) is 49.4 Å². The Labute approximate surface area is 114 Å². The normalized spacial score (nSPS) is 10.4. The second kappa shape index (κ2) is 6.19. The summed E-state index contributed by atoms with van der Waals surface area (Å²) in [5.41, 5.74) is 9.66. The number of benzene rings is 2. The van der Waals surface area contributed by atoms with Crippen LogP contribution in [-0.4, -0.2) is 5.91 Å². The number of carbonyl (C=O) groups excluding carboxylic acids is 1. The quantitative estimate of drug-likeness (QED) is 0.874. The van der Waals surface area contributed by atoms with Crippen molar-refractivity contribution < 1.29 is 4.79 Å². The smallest absolute Gasteiger partial charge is 0.248 e. The first-order chi connectivity index (χ1) is 9.20. The van der Waals surface area contributed by atoms with E-state index in [-0.39, 0.29) is 5.91 Å². The van der Waals surface area contributed by atoms with Gasteiger partial charge in [-0.3, -0.25) is 4.79 Å². The summed E-state index contributed by atoms with van der Waals surface area (Å²) in [6.07, 6.45) is 2.74. The molecule has 0 saturated heterocycles. The topological polar surface area (TPSA) is 43.1 Å². The number of hydrogen-bond donors (Lipinski definition) is 1. The summed E-state index contributed by atoms with van der Waals surface area (Å²) in [4.78, 5) is 11.5. The van der Waals surface area contributed by atoms with Gasteiger partial charge in [0.15, 0.2) is 0 Å². The number of nitrogens with two attached hydrogens (primary N) is 1. The van der Waals surface area contributed by atoms with Crippen molar-refractivity contribution in [3.05, 3.63) is 70.8 Å². The van der Waals surface area contributed by atoms with Gasteiger partial charge < -0.3 is 5.73 Å². The molecular weight excluding hydrogens is 234 g/mol. The first kappa shape index (κ1) is 13.3. The average molecular weight is 253 g/mol. The van der Waals surface area contributed by atoms with E-state index in [9.17, 15) is 4.79 Å². The Morgan fingerprint density at radius 1 is 1.00 bits per heavy atom. The lowest BCUT2D eigenvalue weighted by atomic mass is 9.96. The molecule has 0 spiro atoms. The molecule has 0 radical (unpaired) electrons. The zero-order valence-corrected chi connectivity index (χ0v) is 11.2. The number of aryl methyl sites for hydroxylation is 3. The SMILES string of the molecule is CCc1ccc(C(N)=O)c(CCc2ccccc2)c1. The summed E-state index contributed by atoms with van der Waals surface area (Å²) in [5, 5.41) is 0. The van der Waals surface area contributed by atoms with Gasteiger partial charge in [-0.2, -0.15) is 0 Å². The van der Waals surface area contributed by atoms with Crippen molar-refractivity contribution >= 4 is 5.91 Å². The zero-order valence-electron chi connectivity index (χ0n) is 11.2. The van der Waals surface area contributed by atoms with Crippen LogP contribution in [0.15, 0.2) is 48.5 Å². The van der Waals surface area contributed by atoms with E-state index in [1.807, 2.05) is 30.3 Å². The fourth-order valence-electron chi connectivity index (χ4n) is 2.24. The van der Waals surface area contributed by atoms with Crippen molar-refractivity contribution in [3.8, 4) is 0 Å². The first-order valence-corrected chi connectivity index (χ1v) is 6.66. The van der Waals surface area contributed by atoms with E-state index in [2.05, 4.69) is 25.1 Å². The highest BCUT2D eigenvalue weighted by molar-refractivity contribution is 5.94. The molecule has 0 heterocycles. The van der Waals surface area contributed by atoms with E-state index < -0.39 is 0 Å². The molecule has 0 atom stereocenters. The van der Waals surface area contributed by atoms with Gasteiger partial charge >= 0.3 is 0 Å². The molecule has 0 aliphatic rings. The van der Waals surface area contributed by atoms with Crippen LogP contribution in [0, 0.1) is 0 Å². The third-order valence-corrected chi connectivity index (χ3v) is 3.37. The Morgan fingerprint density at radius 3 is 2.37 bits per heavy atom. The van der Waals surface area contributed by atoms with Gasteiger partial charge in [0.05, 0.1) is 0 Å². The Kier molecular flexibility index (Phi) is 4.35. The van der Waals surface area contributed by atoms with Crippen LogP contribution < -0.4 is 5.73 Å². The molecule has 19 heavy (non-hydrogen) atoms. The molecule has 2 aromatic carbocycles. The zero-order chi connectivity index (χ0) is 13.7. The lowest BCUT2D eigenvalue weighted by molar-refractivity contribution is 0.0999. The van der Waals surface area contributed by atoms with Crippen LogP contribution in [0.25, 0.3) is 0 Å². The Bertz CT molecular complexity index is 561. The van der Waals surface area contributed by atoms with Gasteiger partial charge in [-0.15, -0.1) is 0 Å². The van der Waals surface area contributed by atoms with Crippen molar-refractivity contribution in [2.75, 3.05) is 0 Å². The predicted octanol–water partition coefficient (Wildman–Crippen LogP) is 3.13. The Morgan fingerprint density at radius 2 is 1.74 bits per heavy atom. The first-order valence-electron chi connectivity index (χ1n) is 6.66. The van der Waals surface area contributed by atoms with Crippen LogP contribution in [0.1, 0.15) is 34.0 Å². The molecule has 0 unspecified atom stereocenters. The molecule has 0 saturated carbocycles. The minimum atomic E-state index is -0.342. The standard InChI is InChI=1S/C17H19NO/c1-2-13-9-11-16(17(18)19)15(12-13)10-8-14-6-4-3-5-7-14/h3-7,9,11-12H,2,8,10H2,1H3,(H2,18,19). The molecule has 1 amide bonds. The van der Waals surface area contributed by atoms with Gasteiger partial charge in [0.1, 0.15) is 0 Å². The molecule has 0 bridgehead atoms. The number of hydrogen-bond acceptors (Lipinski definition) is 1. The van der Waals surface area contributed by atoms with Gasteiger partial charge in [-0.25, -0.2) is 0 Å². The van der Waals surface area contributed by atoms with Gasteiger partial charge in [0, 0.05) is 5.56 Å². The molecule has 98 valence electrons. The van der Waals surface area contributed by atoms with Gasteiger partial charge in [-0.05, 0) is 42.0 Å². The maximum absolute atomic E-state index is 11.5. The molecule has 0 aliphatic carbocycles. The molecule has 2 heteroatoms. The number of carbonyl (C=O) groups is 1. The second-order valence-electron chi connectivity index (χ2n) is 4.69. The van der Waals surface area contributed by atoms with E-state index in [4.69, 9.17) is 5.73 Å². The third kappa shape index (κ3) is 3.44. The van der Waals surface area contributed by atoms with Crippen LogP contribution in [0.5, 0.6) is 0 Å². The Hall–Kier alpha value is -2.09. The van der Waals surface area contributed by atoms with Crippen molar-refractivity contribution in [3.63, 3.8) is 0 Å². The lowest BCUT2D eigenvalue weighted by Gasteiger charge is -2.09. The van der Waals surface area contributed by atoms with Crippen LogP contribution in [0.2, 0.25) is 0 Å². The van der Waals surface area contributed by atoms with Crippen molar-refractivity contribution in [1.29, 1.82) is 0 Å². The van der Waals surface area contributed by atoms with Crippen molar-refractivity contribution in [1.82, 2.24) is 0 Å².